The lowest BCUT2D eigenvalue weighted by atomic mass is 10.2. The van der Waals surface area contributed by atoms with Crippen LogP contribution in [0.1, 0.15) is 12.5 Å². The van der Waals surface area contributed by atoms with Gasteiger partial charge in [0, 0.05) is 19.0 Å². The van der Waals surface area contributed by atoms with Crippen molar-refractivity contribution < 1.29 is 22.4 Å². The number of hydrogen-bond donors (Lipinski definition) is 1. The fraction of sp³-hybridized carbons (Fsp3) is 0.222. The van der Waals surface area contributed by atoms with Crippen molar-refractivity contribution in [1.82, 2.24) is 5.32 Å². The van der Waals surface area contributed by atoms with E-state index in [-0.39, 0.29) is 0 Å². The van der Waals surface area contributed by atoms with Gasteiger partial charge in [0.2, 0.25) is 5.91 Å². The number of carbonyl (C=O) groups is 1. The van der Waals surface area contributed by atoms with Gasteiger partial charge < -0.3 is 5.32 Å². The van der Waals surface area contributed by atoms with Gasteiger partial charge in [-0.15, -0.1) is 0 Å². The number of benzene rings is 1. The molecule has 6 heteroatoms. The quantitative estimate of drug-likeness (QED) is 0.461. The maximum atomic E-state index is 13.0. The Hall–Kier alpha value is -1.59. The first-order valence-electron chi connectivity index (χ1n) is 3.99. The monoisotopic (exact) mass is 221 g/mol. The largest absolute Gasteiger partial charge is 0.352 e. The smallest absolute Gasteiger partial charge is 0.217 e. The second kappa shape index (κ2) is 4.29. The summed E-state index contributed by atoms with van der Waals surface area (Å²) in [6.45, 7) is 0.767. The molecule has 0 atom stereocenters. The maximum Gasteiger partial charge on any atom is 0.217 e. The van der Waals surface area contributed by atoms with Gasteiger partial charge in [-0.25, -0.2) is 17.6 Å². The molecule has 0 aliphatic rings. The summed E-state index contributed by atoms with van der Waals surface area (Å²) in [5.74, 6) is -7.22. The van der Waals surface area contributed by atoms with Gasteiger partial charge in [-0.2, -0.15) is 0 Å². The molecule has 0 fully saturated rings. The van der Waals surface area contributed by atoms with Gasteiger partial charge in [0.15, 0.2) is 23.3 Å². The summed E-state index contributed by atoms with van der Waals surface area (Å²) in [5, 5.41) is 2.14. The Kier molecular flexibility index (Phi) is 3.28. The Morgan fingerprint density at radius 3 is 2.33 bits per heavy atom. The minimum atomic E-state index is -1.88. The van der Waals surface area contributed by atoms with Gasteiger partial charge in [-0.3, -0.25) is 4.79 Å². The second-order valence-electron chi connectivity index (χ2n) is 2.87. The van der Waals surface area contributed by atoms with E-state index in [1.807, 2.05) is 0 Å². The lowest BCUT2D eigenvalue weighted by Gasteiger charge is -2.06. The van der Waals surface area contributed by atoms with Crippen LogP contribution in [0.2, 0.25) is 0 Å². The van der Waals surface area contributed by atoms with Gasteiger partial charge in [0.05, 0.1) is 0 Å². The molecule has 0 aromatic heterocycles. The molecule has 1 amide bonds. The summed E-state index contributed by atoms with van der Waals surface area (Å²) < 4.78 is 50.8. The van der Waals surface area contributed by atoms with Crippen LogP contribution in [-0.2, 0) is 11.3 Å². The second-order valence-corrected chi connectivity index (χ2v) is 2.87. The van der Waals surface area contributed by atoms with Crippen molar-refractivity contribution in [2.75, 3.05) is 0 Å². The number of amides is 1. The molecule has 1 aromatic carbocycles. The molecule has 0 radical (unpaired) electrons. The van der Waals surface area contributed by atoms with E-state index in [4.69, 9.17) is 0 Å². The van der Waals surface area contributed by atoms with Crippen molar-refractivity contribution in [2.24, 2.45) is 0 Å². The van der Waals surface area contributed by atoms with E-state index < -0.39 is 41.3 Å². The molecule has 1 rings (SSSR count). The zero-order valence-corrected chi connectivity index (χ0v) is 7.70. The Morgan fingerprint density at radius 1 is 1.20 bits per heavy atom. The normalized spacial score (nSPS) is 10.2. The average molecular weight is 221 g/mol. The van der Waals surface area contributed by atoms with Crippen molar-refractivity contribution in [3.8, 4) is 0 Å². The van der Waals surface area contributed by atoms with E-state index >= 15 is 0 Å². The molecule has 1 aromatic rings. The number of nitrogens with one attached hydrogen (secondary N) is 1. The average Bonchev–Trinajstić information content (AvgIpc) is 2.18. The van der Waals surface area contributed by atoms with Crippen LogP contribution < -0.4 is 5.32 Å². The van der Waals surface area contributed by atoms with E-state index in [1.54, 1.807) is 0 Å². The molecule has 1 N–H and O–H groups in total. The highest BCUT2D eigenvalue weighted by Gasteiger charge is 2.18. The van der Waals surface area contributed by atoms with Gasteiger partial charge in [0.1, 0.15) is 0 Å². The van der Waals surface area contributed by atoms with Crippen LogP contribution >= 0.6 is 0 Å². The van der Waals surface area contributed by atoms with E-state index in [0.717, 1.165) is 6.92 Å². The molecular weight excluding hydrogens is 214 g/mol. The predicted molar refractivity (Wildman–Crippen MR) is 43.8 cm³/mol. The van der Waals surface area contributed by atoms with Crippen LogP contribution in [0, 0.1) is 23.3 Å². The molecule has 0 aliphatic carbocycles. The maximum absolute atomic E-state index is 13.0. The van der Waals surface area contributed by atoms with Crippen LogP contribution in [0.4, 0.5) is 17.6 Å². The third kappa shape index (κ3) is 2.45. The summed E-state index contributed by atoms with van der Waals surface area (Å²) >= 11 is 0. The first kappa shape index (κ1) is 11.5. The highest BCUT2D eigenvalue weighted by molar-refractivity contribution is 5.72. The van der Waals surface area contributed by atoms with Gasteiger partial charge in [0.25, 0.3) is 0 Å². The fourth-order valence-electron chi connectivity index (χ4n) is 0.970. The molecule has 0 saturated carbocycles. The molecule has 15 heavy (non-hydrogen) atoms. The molecule has 0 aliphatic heterocycles. The summed E-state index contributed by atoms with van der Waals surface area (Å²) in [4.78, 5) is 10.5. The summed E-state index contributed by atoms with van der Waals surface area (Å²) in [5.41, 5.74) is -0.443. The van der Waals surface area contributed by atoms with Crippen LogP contribution in [0.5, 0.6) is 0 Å². The molecule has 0 heterocycles. The van der Waals surface area contributed by atoms with Crippen molar-refractivity contribution >= 4 is 5.91 Å². The van der Waals surface area contributed by atoms with Gasteiger partial charge in [-0.05, 0) is 6.07 Å². The van der Waals surface area contributed by atoms with Crippen LogP contribution in [-0.4, -0.2) is 5.91 Å². The summed E-state index contributed by atoms with van der Waals surface area (Å²) in [6.07, 6.45) is 0. The number of carbonyl (C=O) groups excluding carboxylic acids is 1. The Morgan fingerprint density at radius 2 is 1.80 bits per heavy atom. The predicted octanol–water partition coefficient (Wildman–Crippen LogP) is 1.88. The van der Waals surface area contributed by atoms with E-state index in [9.17, 15) is 22.4 Å². The molecule has 82 valence electrons. The summed E-state index contributed by atoms with van der Waals surface area (Å²) in [6, 6.07) is 0.504. The minimum Gasteiger partial charge on any atom is -0.352 e. The number of hydrogen-bond acceptors (Lipinski definition) is 1. The third-order valence-electron chi connectivity index (χ3n) is 1.71. The standard InChI is InChI=1S/C9H7F4NO/c1-4(15)14-3-5-2-6(10)8(12)9(13)7(5)11/h2H,3H2,1H3,(H,14,15). The van der Waals surface area contributed by atoms with Gasteiger partial charge >= 0.3 is 0 Å². The van der Waals surface area contributed by atoms with Crippen LogP contribution in [0.3, 0.4) is 0 Å². The number of halogens is 4. The van der Waals surface area contributed by atoms with Crippen molar-refractivity contribution in [3.63, 3.8) is 0 Å². The SMILES string of the molecule is CC(=O)NCc1cc(F)c(F)c(F)c1F. The van der Waals surface area contributed by atoms with E-state index in [0.29, 0.717) is 6.07 Å². The molecule has 0 saturated heterocycles. The van der Waals surface area contributed by atoms with Gasteiger partial charge in [-0.1, -0.05) is 0 Å². The zero-order chi connectivity index (χ0) is 11.6. The van der Waals surface area contributed by atoms with Crippen molar-refractivity contribution in [3.05, 3.63) is 34.9 Å². The molecule has 0 unspecified atom stereocenters. The van der Waals surface area contributed by atoms with Crippen LogP contribution in [0.15, 0.2) is 6.07 Å². The third-order valence-corrected chi connectivity index (χ3v) is 1.71. The molecule has 0 bridgehead atoms. The Bertz CT molecular complexity index is 406. The fourth-order valence-corrected chi connectivity index (χ4v) is 0.970. The topological polar surface area (TPSA) is 29.1 Å². The minimum absolute atomic E-state index is 0.394. The molecule has 0 spiro atoms. The number of rotatable bonds is 2. The Balaban J connectivity index is 3.04. The Labute approximate surface area is 82.9 Å². The highest BCUT2D eigenvalue weighted by atomic mass is 19.2. The highest BCUT2D eigenvalue weighted by Crippen LogP contribution is 2.18. The molecular formula is C9H7F4NO. The zero-order valence-electron chi connectivity index (χ0n) is 7.70. The van der Waals surface area contributed by atoms with Crippen molar-refractivity contribution in [1.29, 1.82) is 0 Å². The molecule has 2 nitrogen and oxygen atoms in total. The summed E-state index contributed by atoms with van der Waals surface area (Å²) in [7, 11) is 0. The van der Waals surface area contributed by atoms with Crippen molar-refractivity contribution in [2.45, 2.75) is 13.5 Å². The van der Waals surface area contributed by atoms with Crippen LogP contribution in [0.25, 0.3) is 0 Å². The lowest BCUT2D eigenvalue weighted by molar-refractivity contribution is -0.119. The first-order valence-corrected chi connectivity index (χ1v) is 3.99. The lowest BCUT2D eigenvalue weighted by Crippen LogP contribution is -2.20. The first-order chi connectivity index (χ1) is 6.93. The van der Waals surface area contributed by atoms with E-state index in [1.165, 1.54) is 0 Å². The van der Waals surface area contributed by atoms with E-state index in [2.05, 4.69) is 5.32 Å².